The van der Waals surface area contributed by atoms with Gasteiger partial charge < -0.3 is 20.5 Å². The van der Waals surface area contributed by atoms with Crippen molar-refractivity contribution in [2.45, 2.75) is 31.8 Å². The fourth-order valence-electron chi connectivity index (χ4n) is 4.83. The summed E-state index contributed by atoms with van der Waals surface area (Å²) >= 11 is 0. The minimum atomic E-state index is -0.988. The molecule has 1 atom stereocenters. The van der Waals surface area contributed by atoms with E-state index >= 15 is 0 Å². The molecule has 1 saturated carbocycles. The third-order valence-electron chi connectivity index (χ3n) is 7.12. The Morgan fingerprint density at radius 3 is 2.45 bits per heavy atom. The van der Waals surface area contributed by atoms with Crippen LogP contribution < -0.4 is 21.1 Å². The molecule has 10 nitrogen and oxygen atoms in total. The van der Waals surface area contributed by atoms with Crippen LogP contribution in [0.4, 0.5) is 16.3 Å². The van der Waals surface area contributed by atoms with Crippen LogP contribution in [0.1, 0.15) is 41.8 Å². The zero-order valence-electron chi connectivity index (χ0n) is 23.2. The van der Waals surface area contributed by atoms with Crippen molar-refractivity contribution in [2.75, 3.05) is 17.7 Å². The number of aryl methyl sites for hydroxylation is 1. The van der Waals surface area contributed by atoms with Gasteiger partial charge in [0.1, 0.15) is 17.3 Å². The van der Waals surface area contributed by atoms with Gasteiger partial charge in [-0.15, -0.1) is 0 Å². The fourth-order valence-corrected chi connectivity index (χ4v) is 4.83. The van der Waals surface area contributed by atoms with E-state index in [1.54, 1.807) is 28.9 Å². The average Bonchev–Trinajstić information content (AvgIpc) is 3.76. The van der Waals surface area contributed by atoms with E-state index in [2.05, 4.69) is 15.6 Å². The van der Waals surface area contributed by atoms with Gasteiger partial charge in [-0.1, -0.05) is 42.0 Å². The zero-order valence-corrected chi connectivity index (χ0v) is 23.2. The molecule has 1 aliphatic carbocycles. The van der Waals surface area contributed by atoms with Gasteiger partial charge in [-0.2, -0.15) is 5.10 Å². The van der Waals surface area contributed by atoms with Gasteiger partial charge in [0, 0.05) is 42.1 Å². The first-order chi connectivity index (χ1) is 20.4. The van der Waals surface area contributed by atoms with Crippen molar-refractivity contribution in [1.29, 1.82) is 0 Å². The molecule has 10 heteroatoms. The molecule has 0 bridgehead atoms. The van der Waals surface area contributed by atoms with Crippen LogP contribution in [0.5, 0.6) is 11.5 Å². The van der Waals surface area contributed by atoms with E-state index in [-0.39, 0.29) is 6.03 Å². The summed E-state index contributed by atoms with van der Waals surface area (Å²) in [6.07, 6.45) is 2.75. The van der Waals surface area contributed by atoms with Crippen LogP contribution in [0.15, 0.2) is 85.1 Å². The number of hydrogen-bond acceptors (Lipinski definition) is 6. The second kappa shape index (κ2) is 11.3. The summed E-state index contributed by atoms with van der Waals surface area (Å²) in [6.45, 7) is 2.03. The molecule has 4 N–H and O–H groups in total. The number of pyridine rings is 1. The SMILES string of the molecule is COC(C(N)=O)c1cc(Oc2ccc(NC(=O)Nc3cc(C4CC4)nn3-c3ccc(C)cc3)c3ccccc23)ccn1. The highest BCUT2D eigenvalue weighted by Gasteiger charge is 2.28. The molecule has 3 aromatic carbocycles. The molecule has 42 heavy (non-hydrogen) atoms. The van der Waals surface area contributed by atoms with Gasteiger partial charge >= 0.3 is 6.03 Å². The Morgan fingerprint density at radius 1 is 0.976 bits per heavy atom. The Labute approximate surface area is 242 Å². The van der Waals surface area contributed by atoms with Crippen molar-refractivity contribution in [2.24, 2.45) is 5.73 Å². The Hall–Kier alpha value is -5.22. The number of ether oxygens (including phenoxy) is 2. The van der Waals surface area contributed by atoms with Crippen molar-refractivity contribution in [1.82, 2.24) is 14.8 Å². The lowest BCUT2D eigenvalue weighted by molar-refractivity contribution is -0.128. The van der Waals surface area contributed by atoms with Crippen LogP contribution >= 0.6 is 0 Å². The second-order valence-electron chi connectivity index (χ2n) is 10.2. The molecule has 1 aliphatic rings. The number of carbonyl (C=O) groups excluding carboxylic acids is 2. The van der Waals surface area contributed by atoms with Gasteiger partial charge in [0.05, 0.1) is 22.8 Å². The first-order valence-corrected chi connectivity index (χ1v) is 13.6. The summed E-state index contributed by atoms with van der Waals surface area (Å²) in [5.74, 6) is 1.41. The number of anilines is 2. The number of aromatic nitrogens is 3. The van der Waals surface area contributed by atoms with E-state index in [9.17, 15) is 9.59 Å². The lowest BCUT2D eigenvalue weighted by Gasteiger charge is -2.15. The van der Waals surface area contributed by atoms with Crippen LogP contribution in [-0.4, -0.2) is 33.8 Å². The van der Waals surface area contributed by atoms with Crippen LogP contribution in [0.25, 0.3) is 16.5 Å². The predicted molar refractivity (Wildman–Crippen MR) is 160 cm³/mol. The summed E-state index contributed by atoms with van der Waals surface area (Å²) in [5.41, 5.74) is 9.39. The number of urea groups is 1. The fraction of sp³-hybridized carbons (Fsp3) is 0.188. The van der Waals surface area contributed by atoms with Crippen LogP contribution in [-0.2, 0) is 9.53 Å². The number of rotatable bonds is 9. The lowest BCUT2D eigenvalue weighted by atomic mass is 10.1. The van der Waals surface area contributed by atoms with Crippen molar-refractivity contribution in [3.63, 3.8) is 0 Å². The Kier molecular flexibility index (Phi) is 7.28. The quantitative estimate of drug-likeness (QED) is 0.195. The summed E-state index contributed by atoms with van der Waals surface area (Å²) in [7, 11) is 1.39. The third kappa shape index (κ3) is 5.65. The molecule has 5 aromatic rings. The maximum atomic E-state index is 13.3. The molecule has 6 rings (SSSR count). The largest absolute Gasteiger partial charge is 0.457 e. The van der Waals surface area contributed by atoms with Gasteiger partial charge in [0.15, 0.2) is 6.10 Å². The minimum Gasteiger partial charge on any atom is -0.457 e. The molecular weight excluding hydrogens is 532 g/mol. The Morgan fingerprint density at radius 2 is 1.74 bits per heavy atom. The van der Waals surface area contributed by atoms with Crippen molar-refractivity contribution < 1.29 is 19.1 Å². The van der Waals surface area contributed by atoms with E-state index < -0.39 is 12.0 Å². The van der Waals surface area contributed by atoms with Crippen molar-refractivity contribution in [3.05, 3.63) is 102 Å². The van der Waals surface area contributed by atoms with E-state index in [0.717, 1.165) is 40.6 Å². The number of carbonyl (C=O) groups is 2. The van der Waals surface area contributed by atoms with E-state index in [0.29, 0.717) is 34.6 Å². The van der Waals surface area contributed by atoms with Gasteiger partial charge in [-0.25, -0.2) is 9.48 Å². The maximum absolute atomic E-state index is 13.3. The Balaban J connectivity index is 1.24. The molecule has 3 amide bonds. The third-order valence-corrected chi connectivity index (χ3v) is 7.12. The molecule has 0 aliphatic heterocycles. The maximum Gasteiger partial charge on any atom is 0.324 e. The van der Waals surface area contributed by atoms with Crippen molar-refractivity contribution in [3.8, 4) is 17.2 Å². The number of amides is 3. The summed E-state index contributed by atoms with van der Waals surface area (Å²) < 4.78 is 13.1. The topological polar surface area (TPSA) is 133 Å². The van der Waals surface area contributed by atoms with Gasteiger partial charge in [-0.05, 0) is 50.1 Å². The molecule has 2 heterocycles. The molecule has 212 valence electrons. The standard InChI is InChI=1S/C32H30N6O4/c1-19-7-11-21(12-8-19)38-29(18-26(37-38)20-9-10-20)36-32(40)35-25-13-14-28(24-6-4-3-5-23(24)25)42-22-15-16-34-27(17-22)30(41-2)31(33)39/h3-8,11-18,20,30H,9-10H2,1-2H3,(H2,33,39)(H2,35,36,40). The van der Waals surface area contributed by atoms with E-state index in [1.807, 2.05) is 61.5 Å². The number of hydrogen-bond donors (Lipinski definition) is 3. The number of benzene rings is 3. The Bertz CT molecular complexity index is 1780. The highest BCUT2D eigenvalue weighted by atomic mass is 16.5. The average molecular weight is 563 g/mol. The minimum absolute atomic E-state index is 0.344. The highest BCUT2D eigenvalue weighted by molar-refractivity contribution is 6.07. The van der Waals surface area contributed by atoms with E-state index in [4.69, 9.17) is 20.3 Å². The second-order valence-corrected chi connectivity index (χ2v) is 10.2. The van der Waals surface area contributed by atoms with Gasteiger partial charge in [-0.3, -0.25) is 15.1 Å². The zero-order chi connectivity index (χ0) is 29.2. The molecule has 0 spiro atoms. The first-order valence-electron chi connectivity index (χ1n) is 13.6. The number of nitrogens with one attached hydrogen (secondary N) is 2. The normalized spacial score (nSPS) is 13.5. The summed E-state index contributed by atoms with van der Waals surface area (Å²) in [5, 5.41) is 12.3. The molecule has 0 saturated heterocycles. The highest BCUT2D eigenvalue weighted by Crippen LogP contribution is 2.40. The molecule has 2 aromatic heterocycles. The smallest absolute Gasteiger partial charge is 0.324 e. The monoisotopic (exact) mass is 562 g/mol. The first kappa shape index (κ1) is 27.0. The lowest BCUT2D eigenvalue weighted by Crippen LogP contribution is -2.23. The number of primary amides is 1. The number of methoxy groups -OCH3 is 1. The molecular formula is C32H30N6O4. The van der Waals surface area contributed by atoms with E-state index in [1.165, 1.54) is 13.3 Å². The number of nitrogens with two attached hydrogens (primary N) is 1. The van der Waals surface area contributed by atoms with Gasteiger partial charge in [0.2, 0.25) is 0 Å². The van der Waals surface area contributed by atoms with Crippen LogP contribution in [0, 0.1) is 6.92 Å². The summed E-state index contributed by atoms with van der Waals surface area (Å²) in [6, 6.07) is 24.0. The van der Waals surface area contributed by atoms with Gasteiger partial charge in [0.25, 0.3) is 5.91 Å². The van der Waals surface area contributed by atoms with Crippen LogP contribution in [0.2, 0.25) is 0 Å². The van der Waals surface area contributed by atoms with Crippen LogP contribution in [0.3, 0.4) is 0 Å². The number of fused-ring (bicyclic) bond motifs is 1. The molecule has 1 fully saturated rings. The number of nitrogens with zero attached hydrogens (tertiary/aromatic N) is 3. The predicted octanol–water partition coefficient (Wildman–Crippen LogP) is 6.22. The van der Waals surface area contributed by atoms with Crippen molar-refractivity contribution >= 4 is 34.2 Å². The molecule has 0 radical (unpaired) electrons. The molecule has 1 unspecified atom stereocenters. The summed E-state index contributed by atoms with van der Waals surface area (Å²) in [4.78, 5) is 29.2.